The van der Waals surface area contributed by atoms with E-state index in [4.69, 9.17) is 14.7 Å². The largest absolute Gasteiger partial charge is 0.383 e. The van der Waals surface area contributed by atoms with Gasteiger partial charge in [-0.3, -0.25) is 0 Å². The van der Waals surface area contributed by atoms with Gasteiger partial charge in [0.2, 0.25) is 0 Å². The first-order chi connectivity index (χ1) is 10.2. The number of nitrogens with one attached hydrogen (secondary N) is 1. The maximum Gasteiger partial charge on any atom is 0.137 e. The van der Waals surface area contributed by atoms with Gasteiger partial charge in [0.25, 0.3) is 0 Å². The van der Waals surface area contributed by atoms with Crippen LogP contribution in [0.15, 0.2) is 0 Å². The number of nitrogens with zero attached hydrogens (tertiary/aromatic N) is 3. The third-order valence-electron chi connectivity index (χ3n) is 4.22. The van der Waals surface area contributed by atoms with Crippen LogP contribution in [-0.4, -0.2) is 42.8 Å². The van der Waals surface area contributed by atoms with Crippen LogP contribution in [0.5, 0.6) is 0 Å². The van der Waals surface area contributed by atoms with Crippen LogP contribution in [0, 0.1) is 6.92 Å². The van der Waals surface area contributed by atoms with Gasteiger partial charge in [-0.25, -0.2) is 9.97 Å². The molecule has 3 rings (SSSR count). The third kappa shape index (κ3) is 3.28. The van der Waals surface area contributed by atoms with E-state index in [-0.39, 0.29) is 0 Å². The molecule has 2 saturated carbocycles. The normalized spacial score (nSPS) is 17.9. The number of hydrogen-bond donors (Lipinski definition) is 1. The molecule has 0 amide bonds. The van der Waals surface area contributed by atoms with Gasteiger partial charge < -0.3 is 15.0 Å². The fraction of sp³-hybridized carbons (Fsp3) is 0.750. The molecule has 5 heteroatoms. The van der Waals surface area contributed by atoms with Crippen molar-refractivity contribution < 1.29 is 4.74 Å². The lowest BCUT2D eigenvalue weighted by molar-refractivity contribution is 0.204. The summed E-state index contributed by atoms with van der Waals surface area (Å²) in [7, 11) is 1.76. The zero-order valence-corrected chi connectivity index (χ0v) is 13.4. The van der Waals surface area contributed by atoms with E-state index in [1.165, 1.54) is 31.2 Å². The van der Waals surface area contributed by atoms with Crippen LogP contribution in [-0.2, 0) is 4.74 Å². The number of rotatable bonds is 8. The standard InChI is InChI=1S/C16H26N4O/c1-4-17-14-11(2)16(19-15(18-14)12-5-6-12)20(9-10-21-3)13-7-8-13/h12-13H,4-10H2,1-3H3,(H,17,18,19). The minimum atomic E-state index is 0.574. The average molecular weight is 290 g/mol. The molecule has 0 aromatic carbocycles. The number of anilines is 2. The molecule has 0 atom stereocenters. The third-order valence-corrected chi connectivity index (χ3v) is 4.22. The van der Waals surface area contributed by atoms with Gasteiger partial charge in [0.05, 0.1) is 6.61 Å². The number of aromatic nitrogens is 2. The zero-order chi connectivity index (χ0) is 14.8. The van der Waals surface area contributed by atoms with Crippen molar-refractivity contribution in [3.63, 3.8) is 0 Å². The monoisotopic (exact) mass is 290 g/mol. The Morgan fingerprint density at radius 2 is 2.00 bits per heavy atom. The molecule has 116 valence electrons. The van der Waals surface area contributed by atoms with E-state index in [2.05, 4.69) is 24.1 Å². The van der Waals surface area contributed by atoms with Crippen LogP contribution in [0.2, 0.25) is 0 Å². The Morgan fingerprint density at radius 3 is 2.57 bits per heavy atom. The highest BCUT2D eigenvalue weighted by Crippen LogP contribution is 2.41. The van der Waals surface area contributed by atoms with E-state index in [1.807, 2.05) is 0 Å². The van der Waals surface area contributed by atoms with Gasteiger partial charge in [0.1, 0.15) is 17.5 Å². The molecule has 1 aromatic rings. The topological polar surface area (TPSA) is 50.3 Å². The highest BCUT2D eigenvalue weighted by atomic mass is 16.5. The lowest BCUT2D eigenvalue weighted by Gasteiger charge is -2.26. The molecule has 1 N–H and O–H groups in total. The summed E-state index contributed by atoms with van der Waals surface area (Å²) in [6.07, 6.45) is 5.00. The first-order valence-electron chi connectivity index (χ1n) is 8.12. The SMILES string of the molecule is CCNc1nc(C2CC2)nc(N(CCOC)C2CC2)c1C. The number of ether oxygens (including phenoxy) is 1. The van der Waals surface area contributed by atoms with Gasteiger partial charge in [0, 0.05) is 37.7 Å². The Bertz CT molecular complexity index is 497. The molecule has 0 unspecified atom stereocenters. The first-order valence-corrected chi connectivity index (χ1v) is 8.12. The van der Waals surface area contributed by atoms with Gasteiger partial charge in [0.15, 0.2) is 0 Å². The van der Waals surface area contributed by atoms with Gasteiger partial charge in [-0.1, -0.05) is 0 Å². The van der Waals surface area contributed by atoms with E-state index in [0.717, 1.165) is 37.2 Å². The van der Waals surface area contributed by atoms with E-state index >= 15 is 0 Å². The summed E-state index contributed by atoms with van der Waals surface area (Å²) in [5, 5.41) is 3.40. The molecule has 21 heavy (non-hydrogen) atoms. The highest BCUT2D eigenvalue weighted by Gasteiger charge is 2.33. The summed E-state index contributed by atoms with van der Waals surface area (Å²) in [5.74, 6) is 3.72. The second-order valence-corrected chi connectivity index (χ2v) is 6.10. The van der Waals surface area contributed by atoms with E-state index < -0.39 is 0 Å². The molecular weight excluding hydrogens is 264 g/mol. The average Bonchev–Trinajstić information content (AvgIpc) is 3.35. The second-order valence-electron chi connectivity index (χ2n) is 6.10. The van der Waals surface area contributed by atoms with E-state index in [0.29, 0.717) is 12.0 Å². The lowest BCUT2D eigenvalue weighted by atomic mass is 10.2. The summed E-state index contributed by atoms with van der Waals surface area (Å²) >= 11 is 0. The fourth-order valence-corrected chi connectivity index (χ4v) is 2.70. The van der Waals surface area contributed by atoms with Gasteiger partial charge >= 0.3 is 0 Å². The molecule has 0 saturated heterocycles. The Kier molecular flexibility index (Phi) is 4.29. The number of methoxy groups -OCH3 is 1. The van der Waals surface area contributed by atoms with Crippen molar-refractivity contribution in [3.05, 3.63) is 11.4 Å². The van der Waals surface area contributed by atoms with Crippen LogP contribution in [0.3, 0.4) is 0 Å². The maximum atomic E-state index is 5.28. The zero-order valence-electron chi connectivity index (χ0n) is 13.4. The van der Waals surface area contributed by atoms with Gasteiger partial charge in [-0.15, -0.1) is 0 Å². The van der Waals surface area contributed by atoms with Crippen molar-refractivity contribution in [1.82, 2.24) is 9.97 Å². The molecule has 2 aliphatic carbocycles. The van der Waals surface area contributed by atoms with Crippen LogP contribution < -0.4 is 10.2 Å². The van der Waals surface area contributed by atoms with E-state index in [9.17, 15) is 0 Å². The Balaban J connectivity index is 1.93. The Morgan fingerprint density at radius 1 is 1.24 bits per heavy atom. The second kappa shape index (κ2) is 6.18. The van der Waals surface area contributed by atoms with Crippen LogP contribution >= 0.6 is 0 Å². The molecule has 1 aromatic heterocycles. The first kappa shape index (κ1) is 14.6. The van der Waals surface area contributed by atoms with Crippen molar-refractivity contribution in [2.75, 3.05) is 37.0 Å². The summed E-state index contributed by atoms with van der Waals surface area (Å²) in [4.78, 5) is 12.1. The van der Waals surface area contributed by atoms with Gasteiger partial charge in [-0.2, -0.15) is 0 Å². The fourth-order valence-electron chi connectivity index (χ4n) is 2.70. The lowest BCUT2D eigenvalue weighted by Crippen LogP contribution is -2.31. The molecule has 0 spiro atoms. The predicted octanol–water partition coefficient (Wildman–Crippen LogP) is 2.71. The van der Waals surface area contributed by atoms with Crippen molar-refractivity contribution in [2.45, 2.75) is 51.5 Å². The van der Waals surface area contributed by atoms with Gasteiger partial charge in [-0.05, 0) is 39.5 Å². The highest BCUT2D eigenvalue weighted by molar-refractivity contribution is 5.60. The van der Waals surface area contributed by atoms with Crippen LogP contribution in [0.4, 0.5) is 11.6 Å². The van der Waals surface area contributed by atoms with Crippen molar-refractivity contribution in [2.24, 2.45) is 0 Å². The summed E-state index contributed by atoms with van der Waals surface area (Å²) < 4.78 is 5.28. The summed E-state index contributed by atoms with van der Waals surface area (Å²) in [6.45, 7) is 6.79. The minimum absolute atomic E-state index is 0.574. The minimum Gasteiger partial charge on any atom is -0.383 e. The Hall–Kier alpha value is -1.36. The maximum absolute atomic E-state index is 5.28. The smallest absolute Gasteiger partial charge is 0.137 e. The molecule has 5 nitrogen and oxygen atoms in total. The summed E-state index contributed by atoms with van der Waals surface area (Å²) in [5.41, 5.74) is 1.17. The summed E-state index contributed by atoms with van der Waals surface area (Å²) in [6, 6.07) is 0.635. The van der Waals surface area contributed by atoms with Crippen LogP contribution in [0.1, 0.15) is 49.9 Å². The molecule has 1 heterocycles. The molecule has 2 aliphatic rings. The molecule has 2 fully saturated rings. The quantitative estimate of drug-likeness (QED) is 0.798. The van der Waals surface area contributed by atoms with Crippen molar-refractivity contribution in [3.8, 4) is 0 Å². The Labute approximate surface area is 127 Å². The van der Waals surface area contributed by atoms with Crippen molar-refractivity contribution >= 4 is 11.6 Å². The number of hydrogen-bond acceptors (Lipinski definition) is 5. The molecule has 0 aliphatic heterocycles. The van der Waals surface area contributed by atoms with Crippen LogP contribution in [0.25, 0.3) is 0 Å². The van der Waals surface area contributed by atoms with E-state index in [1.54, 1.807) is 7.11 Å². The molecule has 0 bridgehead atoms. The predicted molar refractivity (Wildman–Crippen MR) is 85.2 cm³/mol. The molecular formula is C16H26N4O. The van der Waals surface area contributed by atoms with Crippen molar-refractivity contribution in [1.29, 1.82) is 0 Å². The molecule has 0 radical (unpaired) electrons.